The maximum atomic E-state index is 12.2. The van der Waals surface area contributed by atoms with E-state index < -0.39 is 0 Å². The van der Waals surface area contributed by atoms with Crippen LogP contribution in [0.1, 0.15) is 36.2 Å². The highest BCUT2D eigenvalue weighted by Gasteiger charge is 2.17. The Balaban J connectivity index is 1.93. The molecular formula is C16H20N2O2. The molecule has 0 spiro atoms. The van der Waals surface area contributed by atoms with Crippen molar-refractivity contribution in [2.45, 2.75) is 32.7 Å². The number of carbonyl (C=O) groups is 1. The first-order valence-electron chi connectivity index (χ1n) is 6.80. The molecule has 0 saturated heterocycles. The molecule has 1 atom stereocenters. The van der Waals surface area contributed by atoms with E-state index in [1.54, 1.807) is 11.2 Å². The zero-order valence-electron chi connectivity index (χ0n) is 12.2. The van der Waals surface area contributed by atoms with Crippen LogP contribution in [-0.2, 0) is 11.2 Å². The van der Waals surface area contributed by atoms with E-state index in [1.807, 2.05) is 51.2 Å². The SMILES string of the molecule is Cc1nocc1CCC(=O)N(C)[C@H](C)c1ccccc1. The number of amides is 1. The Kier molecular flexibility index (Phi) is 4.56. The van der Waals surface area contributed by atoms with Crippen LogP contribution in [0.15, 0.2) is 41.1 Å². The zero-order chi connectivity index (χ0) is 14.5. The molecule has 2 rings (SSSR count). The smallest absolute Gasteiger partial charge is 0.223 e. The monoisotopic (exact) mass is 272 g/mol. The largest absolute Gasteiger partial charge is 0.364 e. The van der Waals surface area contributed by atoms with Crippen LogP contribution in [-0.4, -0.2) is 23.0 Å². The highest BCUT2D eigenvalue weighted by Crippen LogP contribution is 2.19. The van der Waals surface area contributed by atoms with Crippen molar-refractivity contribution < 1.29 is 9.32 Å². The summed E-state index contributed by atoms with van der Waals surface area (Å²) in [6, 6.07) is 10.1. The van der Waals surface area contributed by atoms with Gasteiger partial charge in [-0.05, 0) is 25.8 Å². The normalized spacial score (nSPS) is 12.2. The summed E-state index contributed by atoms with van der Waals surface area (Å²) >= 11 is 0. The maximum Gasteiger partial charge on any atom is 0.223 e. The van der Waals surface area contributed by atoms with Gasteiger partial charge in [-0.25, -0.2) is 0 Å². The van der Waals surface area contributed by atoms with Crippen LogP contribution in [0.5, 0.6) is 0 Å². The number of benzene rings is 1. The molecule has 0 fully saturated rings. The van der Waals surface area contributed by atoms with E-state index in [1.165, 1.54) is 0 Å². The molecule has 0 aliphatic heterocycles. The first-order chi connectivity index (χ1) is 9.59. The fourth-order valence-corrected chi connectivity index (χ4v) is 2.14. The molecule has 0 radical (unpaired) electrons. The third kappa shape index (κ3) is 3.26. The molecule has 1 aromatic carbocycles. The summed E-state index contributed by atoms with van der Waals surface area (Å²) < 4.78 is 4.88. The van der Waals surface area contributed by atoms with E-state index >= 15 is 0 Å². The number of hydrogen-bond donors (Lipinski definition) is 0. The van der Waals surface area contributed by atoms with Gasteiger partial charge in [0.25, 0.3) is 0 Å². The van der Waals surface area contributed by atoms with Crippen molar-refractivity contribution in [1.82, 2.24) is 10.1 Å². The second-order valence-corrected chi connectivity index (χ2v) is 5.02. The molecule has 0 saturated carbocycles. The number of aromatic nitrogens is 1. The van der Waals surface area contributed by atoms with Gasteiger partial charge in [0.2, 0.25) is 5.91 Å². The van der Waals surface area contributed by atoms with E-state index in [-0.39, 0.29) is 11.9 Å². The van der Waals surface area contributed by atoms with Gasteiger partial charge in [-0.3, -0.25) is 4.79 Å². The molecule has 1 heterocycles. The quantitative estimate of drug-likeness (QED) is 0.840. The zero-order valence-corrected chi connectivity index (χ0v) is 12.2. The van der Waals surface area contributed by atoms with E-state index in [0.717, 1.165) is 16.8 Å². The van der Waals surface area contributed by atoms with Crippen molar-refractivity contribution in [3.63, 3.8) is 0 Å². The van der Waals surface area contributed by atoms with Crippen LogP contribution >= 0.6 is 0 Å². The molecule has 1 aromatic heterocycles. The van der Waals surface area contributed by atoms with Crippen LogP contribution in [0.2, 0.25) is 0 Å². The van der Waals surface area contributed by atoms with Gasteiger partial charge < -0.3 is 9.42 Å². The third-order valence-corrected chi connectivity index (χ3v) is 3.71. The first-order valence-corrected chi connectivity index (χ1v) is 6.80. The van der Waals surface area contributed by atoms with Gasteiger partial charge in [-0.1, -0.05) is 35.5 Å². The summed E-state index contributed by atoms with van der Waals surface area (Å²) in [7, 11) is 1.85. The van der Waals surface area contributed by atoms with Gasteiger partial charge >= 0.3 is 0 Å². The summed E-state index contributed by atoms with van der Waals surface area (Å²) in [5.41, 5.74) is 3.00. The van der Waals surface area contributed by atoms with Crippen molar-refractivity contribution in [1.29, 1.82) is 0 Å². The Labute approximate surface area is 119 Å². The second-order valence-electron chi connectivity index (χ2n) is 5.02. The van der Waals surface area contributed by atoms with Crippen molar-refractivity contribution in [2.24, 2.45) is 0 Å². The number of rotatable bonds is 5. The van der Waals surface area contributed by atoms with Crippen molar-refractivity contribution in [2.75, 3.05) is 7.05 Å². The van der Waals surface area contributed by atoms with Crippen LogP contribution in [0, 0.1) is 6.92 Å². The molecular weight excluding hydrogens is 252 g/mol. The molecule has 4 nitrogen and oxygen atoms in total. The number of aryl methyl sites for hydroxylation is 2. The van der Waals surface area contributed by atoms with E-state index in [4.69, 9.17) is 4.52 Å². The molecule has 0 aliphatic rings. The highest BCUT2D eigenvalue weighted by atomic mass is 16.5. The molecule has 2 aromatic rings. The molecule has 0 unspecified atom stereocenters. The van der Waals surface area contributed by atoms with Gasteiger partial charge in [0.05, 0.1) is 11.7 Å². The minimum atomic E-state index is 0.0762. The lowest BCUT2D eigenvalue weighted by Crippen LogP contribution is -2.29. The average Bonchev–Trinajstić information content (AvgIpc) is 2.89. The fraction of sp³-hybridized carbons (Fsp3) is 0.375. The van der Waals surface area contributed by atoms with Crippen LogP contribution < -0.4 is 0 Å². The molecule has 1 amide bonds. The second kappa shape index (κ2) is 6.37. The van der Waals surface area contributed by atoms with E-state index in [9.17, 15) is 4.79 Å². The Morgan fingerprint density at radius 3 is 2.65 bits per heavy atom. The standard InChI is InChI=1S/C16H20N2O2/c1-12-15(11-20-17-12)9-10-16(19)18(3)13(2)14-7-5-4-6-8-14/h4-8,11,13H,9-10H2,1-3H3/t13-/m1/s1. The predicted octanol–water partition coefficient (Wildman–Crippen LogP) is 3.14. The molecule has 0 aliphatic carbocycles. The lowest BCUT2D eigenvalue weighted by Gasteiger charge is -2.25. The van der Waals surface area contributed by atoms with Crippen molar-refractivity contribution in [3.05, 3.63) is 53.4 Å². The van der Waals surface area contributed by atoms with Gasteiger partial charge in [0.15, 0.2) is 0 Å². The number of nitrogens with zero attached hydrogens (tertiary/aromatic N) is 2. The van der Waals surface area contributed by atoms with Crippen molar-refractivity contribution in [3.8, 4) is 0 Å². The average molecular weight is 272 g/mol. The third-order valence-electron chi connectivity index (χ3n) is 3.71. The lowest BCUT2D eigenvalue weighted by molar-refractivity contribution is -0.131. The van der Waals surface area contributed by atoms with Gasteiger partial charge in [0.1, 0.15) is 6.26 Å². The van der Waals surface area contributed by atoms with Crippen LogP contribution in [0.4, 0.5) is 0 Å². The minimum Gasteiger partial charge on any atom is -0.364 e. The molecule has 0 N–H and O–H groups in total. The highest BCUT2D eigenvalue weighted by molar-refractivity contribution is 5.76. The molecule has 20 heavy (non-hydrogen) atoms. The Morgan fingerprint density at radius 2 is 2.05 bits per heavy atom. The minimum absolute atomic E-state index is 0.0762. The topological polar surface area (TPSA) is 46.3 Å². The van der Waals surface area contributed by atoms with E-state index in [0.29, 0.717) is 12.8 Å². The summed E-state index contributed by atoms with van der Waals surface area (Å²) in [6.07, 6.45) is 2.75. The predicted molar refractivity (Wildman–Crippen MR) is 77.2 cm³/mol. The number of hydrogen-bond acceptors (Lipinski definition) is 3. The molecule has 0 bridgehead atoms. The Bertz CT molecular complexity index is 563. The lowest BCUT2D eigenvalue weighted by atomic mass is 10.1. The Morgan fingerprint density at radius 1 is 1.35 bits per heavy atom. The fourth-order valence-electron chi connectivity index (χ4n) is 2.14. The maximum absolute atomic E-state index is 12.2. The van der Waals surface area contributed by atoms with Gasteiger partial charge in [-0.2, -0.15) is 0 Å². The first kappa shape index (κ1) is 14.3. The van der Waals surface area contributed by atoms with E-state index in [2.05, 4.69) is 5.16 Å². The molecule has 4 heteroatoms. The van der Waals surface area contributed by atoms with Gasteiger partial charge in [0, 0.05) is 19.0 Å². The van der Waals surface area contributed by atoms with Crippen molar-refractivity contribution >= 4 is 5.91 Å². The van der Waals surface area contributed by atoms with Gasteiger partial charge in [-0.15, -0.1) is 0 Å². The van der Waals surface area contributed by atoms with Crippen LogP contribution in [0.3, 0.4) is 0 Å². The Hall–Kier alpha value is -2.10. The number of carbonyl (C=O) groups excluding carboxylic acids is 1. The summed E-state index contributed by atoms with van der Waals surface area (Å²) in [5.74, 6) is 0.127. The molecule has 106 valence electrons. The van der Waals surface area contributed by atoms with Crippen LogP contribution in [0.25, 0.3) is 0 Å². The summed E-state index contributed by atoms with van der Waals surface area (Å²) in [5, 5.41) is 3.82. The summed E-state index contributed by atoms with van der Waals surface area (Å²) in [6.45, 7) is 3.93. The summed E-state index contributed by atoms with van der Waals surface area (Å²) in [4.78, 5) is 14.0.